The van der Waals surface area contributed by atoms with Crippen LogP contribution in [0.3, 0.4) is 0 Å². The fraction of sp³-hybridized carbons (Fsp3) is 0.647. The Labute approximate surface area is 265 Å². The Balaban J connectivity index is 2.26. The van der Waals surface area contributed by atoms with E-state index in [1.807, 2.05) is 44.2 Å². The van der Waals surface area contributed by atoms with Crippen molar-refractivity contribution in [3.8, 4) is 0 Å². The summed E-state index contributed by atoms with van der Waals surface area (Å²) in [6.45, 7) is 14.1. The molecule has 1 amide bonds. The van der Waals surface area contributed by atoms with Crippen LogP contribution >= 0.6 is 0 Å². The zero-order valence-corrected chi connectivity index (χ0v) is 27.9. The Morgan fingerprint density at radius 2 is 1.78 bits per heavy atom. The number of ether oxygens (including phenoxy) is 3. The van der Waals surface area contributed by atoms with Gasteiger partial charge in [-0.15, -0.1) is 0 Å². The summed E-state index contributed by atoms with van der Waals surface area (Å²) in [5.41, 5.74) is -3.74. The van der Waals surface area contributed by atoms with Gasteiger partial charge in [0.1, 0.15) is 30.1 Å². The molecule has 0 radical (unpaired) electrons. The number of Topliss-reactive ketones (excluding diaryl/α,β-unsaturated/α-hetero) is 1. The second-order valence-electron chi connectivity index (χ2n) is 13.1. The number of rotatable bonds is 5. The number of oxime groups is 1. The van der Waals surface area contributed by atoms with Gasteiger partial charge in [-0.05, 0) is 63.5 Å². The summed E-state index contributed by atoms with van der Waals surface area (Å²) in [5.74, 6) is -4.63. The van der Waals surface area contributed by atoms with Gasteiger partial charge < -0.3 is 29.5 Å². The number of fused-ring (bicyclic) bond motifs is 4. The second-order valence-corrected chi connectivity index (χ2v) is 13.1. The minimum Gasteiger partial charge on any atom is -0.457 e. The van der Waals surface area contributed by atoms with Crippen molar-refractivity contribution in [2.45, 2.75) is 111 Å². The first kappa shape index (κ1) is 36.3. The Morgan fingerprint density at radius 3 is 2.38 bits per heavy atom. The maximum atomic E-state index is 16.1. The standard InChI is InChI=1S/C34H49FN2O8/c1-10-27-34(9,41)30-22(4)28(36-24(6)38)20(2)16-32(7,23(5)21(3)29(39)33(8,35)31(40)45-27)43-19-26(18-42-30)37-44-17-25-14-12-11-13-15-25/h11-15,20-21,23,27,30,41H,10,16-19H2,1-9H3,(H,36,38)/t20-,21-,23-,27-,30-,32-,33+,34-/m1/s1. The molecule has 1 aromatic rings. The van der Waals surface area contributed by atoms with Gasteiger partial charge in [-0.25, -0.2) is 9.18 Å². The van der Waals surface area contributed by atoms with E-state index in [1.165, 1.54) is 13.8 Å². The first-order valence-electron chi connectivity index (χ1n) is 15.6. The molecule has 0 unspecified atom stereocenters. The van der Waals surface area contributed by atoms with Gasteiger partial charge in [-0.3, -0.25) is 9.59 Å². The van der Waals surface area contributed by atoms with Gasteiger partial charge in [0.2, 0.25) is 5.91 Å². The van der Waals surface area contributed by atoms with Crippen LogP contribution in [-0.4, -0.2) is 70.8 Å². The first-order valence-corrected chi connectivity index (χ1v) is 15.6. The number of allylic oxidation sites excluding steroid dienone is 1. The number of ketones is 1. The lowest BCUT2D eigenvalue weighted by Crippen LogP contribution is -2.56. The monoisotopic (exact) mass is 632 g/mol. The maximum Gasteiger partial charge on any atom is 0.351 e. The molecule has 0 fully saturated rings. The van der Waals surface area contributed by atoms with Gasteiger partial charge in [0.05, 0.1) is 18.8 Å². The zero-order chi connectivity index (χ0) is 33.7. The quantitative estimate of drug-likeness (QED) is 0.268. The lowest BCUT2D eigenvalue weighted by atomic mass is 9.72. The van der Waals surface area contributed by atoms with Gasteiger partial charge in [-0.1, -0.05) is 63.2 Å². The van der Waals surface area contributed by atoms with Gasteiger partial charge >= 0.3 is 5.97 Å². The number of benzene rings is 1. The molecule has 250 valence electrons. The highest BCUT2D eigenvalue weighted by Crippen LogP contribution is 2.41. The molecule has 0 spiro atoms. The number of hydrogen-bond donors (Lipinski definition) is 2. The van der Waals surface area contributed by atoms with Gasteiger partial charge in [0, 0.05) is 18.5 Å². The van der Waals surface area contributed by atoms with E-state index in [4.69, 9.17) is 19.0 Å². The SMILES string of the molecule is CC[C@H]1OC(=O)[C@@](C)(F)C(=O)[C@H](C)[C@@H](C)[C@@]2(C)C[C@@H](C)C(NC(C)=O)=C(C)[C@@H](OCC(=NOCc3ccccc3)CO2)[C@]1(C)O. The lowest BCUT2D eigenvalue weighted by molar-refractivity contribution is -0.191. The van der Waals surface area contributed by atoms with Crippen LogP contribution in [0.25, 0.3) is 0 Å². The van der Waals surface area contributed by atoms with E-state index >= 15 is 4.39 Å². The van der Waals surface area contributed by atoms with Crippen LogP contribution < -0.4 is 5.32 Å². The third kappa shape index (κ3) is 8.17. The largest absolute Gasteiger partial charge is 0.457 e. The highest BCUT2D eigenvalue weighted by molar-refractivity contribution is 6.07. The van der Waals surface area contributed by atoms with Crippen molar-refractivity contribution in [2.75, 3.05) is 13.2 Å². The Bertz CT molecular complexity index is 1290. The van der Waals surface area contributed by atoms with Gasteiger partial charge in [0.25, 0.3) is 5.67 Å². The number of amides is 1. The number of nitrogens with one attached hydrogen (secondary N) is 1. The van der Waals surface area contributed by atoms with Crippen molar-refractivity contribution in [3.05, 3.63) is 47.2 Å². The molecule has 10 nitrogen and oxygen atoms in total. The van der Waals surface area contributed by atoms with Crippen LogP contribution in [0.15, 0.2) is 46.8 Å². The molecule has 0 aromatic heterocycles. The summed E-state index contributed by atoms with van der Waals surface area (Å²) in [7, 11) is 0. The predicted octanol–water partition coefficient (Wildman–Crippen LogP) is 4.83. The number of hydrogen-bond acceptors (Lipinski definition) is 9. The molecule has 2 aliphatic rings. The van der Waals surface area contributed by atoms with E-state index < -0.39 is 52.7 Å². The van der Waals surface area contributed by atoms with E-state index in [1.54, 1.807) is 27.7 Å². The number of carbonyl (C=O) groups is 3. The molecule has 1 aromatic carbocycles. The number of carbonyl (C=O) groups excluding carboxylic acids is 3. The number of esters is 1. The normalized spacial score (nSPS) is 36.4. The van der Waals surface area contributed by atoms with Gasteiger partial charge in [-0.2, -0.15) is 0 Å². The molecule has 8 atom stereocenters. The van der Waals surface area contributed by atoms with Crippen molar-refractivity contribution in [1.82, 2.24) is 5.32 Å². The third-order valence-corrected chi connectivity index (χ3v) is 9.36. The topological polar surface area (TPSA) is 133 Å². The summed E-state index contributed by atoms with van der Waals surface area (Å²) >= 11 is 0. The number of cyclic esters (lactones) is 1. The van der Waals surface area contributed by atoms with Crippen LogP contribution in [0.5, 0.6) is 0 Å². The average molecular weight is 633 g/mol. The van der Waals surface area contributed by atoms with Crippen molar-refractivity contribution < 1.29 is 42.9 Å². The maximum absolute atomic E-state index is 16.1. The van der Waals surface area contributed by atoms with E-state index in [0.717, 1.165) is 12.5 Å². The number of aliphatic hydroxyl groups is 1. The van der Waals surface area contributed by atoms with Crippen LogP contribution in [0.2, 0.25) is 0 Å². The fourth-order valence-electron chi connectivity index (χ4n) is 6.36. The van der Waals surface area contributed by atoms with E-state index in [9.17, 15) is 19.5 Å². The van der Waals surface area contributed by atoms with E-state index in [2.05, 4.69) is 10.5 Å². The first-order chi connectivity index (χ1) is 21.0. The molecule has 2 heterocycles. The molecule has 3 rings (SSSR count). The van der Waals surface area contributed by atoms with E-state index in [0.29, 0.717) is 17.0 Å². The van der Waals surface area contributed by atoms with E-state index in [-0.39, 0.29) is 44.5 Å². The molecular weight excluding hydrogens is 583 g/mol. The Morgan fingerprint density at radius 1 is 1.13 bits per heavy atom. The highest BCUT2D eigenvalue weighted by Gasteiger charge is 2.53. The minimum absolute atomic E-state index is 0.0633. The van der Waals surface area contributed by atoms with Gasteiger partial charge in [0.15, 0.2) is 5.78 Å². The Kier molecular flexibility index (Phi) is 11.7. The molecule has 0 aliphatic carbocycles. The minimum atomic E-state index is -2.98. The molecule has 11 heteroatoms. The van der Waals surface area contributed by atoms with Crippen molar-refractivity contribution in [1.29, 1.82) is 0 Å². The Hall–Kier alpha value is -3.15. The summed E-state index contributed by atoms with van der Waals surface area (Å²) in [4.78, 5) is 45.0. The number of halogens is 1. The van der Waals surface area contributed by atoms with Crippen LogP contribution in [0.4, 0.5) is 4.39 Å². The van der Waals surface area contributed by atoms with Crippen molar-refractivity contribution in [2.24, 2.45) is 22.9 Å². The number of nitrogens with zero attached hydrogens (tertiary/aromatic N) is 1. The molecule has 0 saturated heterocycles. The second kappa shape index (κ2) is 14.5. The number of alkyl halides is 1. The molecule has 0 saturated carbocycles. The molecule has 45 heavy (non-hydrogen) atoms. The fourth-order valence-corrected chi connectivity index (χ4v) is 6.36. The third-order valence-electron chi connectivity index (χ3n) is 9.36. The average Bonchev–Trinajstić information content (AvgIpc) is 3.00. The van der Waals surface area contributed by atoms with Crippen molar-refractivity contribution in [3.63, 3.8) is 0 Å². The summed E-state index contributed by atoms with van der Waals surface area (Å²) in [5, 5.41) is 19.3. The summed E-state index contributed by atoms with van der Waals surface area (Å²) < 4.78 is 34.6. The molecule has 2 N–H and O–H groups in total. The lowest BCUT2D eigenvalue weighted by Gasteiger charge is -2.43. The van der Waals surface area contributed by atoms with Crippen molar-refractivity contribution >= 4 is 23.4 Å². The molecule has 2 bridgehead atoms. The van der Waals surface area contributed by atoms with Crippen LogP contribution in [0.1, 0.15) is 80.7 Å². The highest BCUT2D eigenvalue weighted by atomic mass is 19.1. The zero-order valence-electron chi connectivity index (χ0n) is 27.9. The van der Waals surface area contributed by atoms with Crippen LogP contribution in [0, 0.1) is 17.8 Å². The molecular formula is C34H49FN2O8. The summed E-state index contributed by atoms with van der Waals surface area (Å²) in [6.07, 6.45) is -2.07. The smallest absolute Gasteiger partial charge is 0.351 e. The summed E-state index contributed by atoms with van der Waals surface area (Å²) in [6, 6.07) is 9.49. The predicted molar refractivity (Wildman–Crippen MR) is 167 cm³/mol. The molecule has 2 aliphatic heterocycles. The van der Waals surface area contributed by atoms with Crippen LogP contribution in [-0.2, 0) is 40.0 Å².